The van der Waals surface area contributed by atoms with Gasteiger partial charge in [-0.1, -0.05) is 29.8 Å². The van der Waals surface area contributed by atoms with Gasteiger partial charge in [0.15, 0.2) is 0 Å². The molecule has 138 valence electrons. The molecule has 26 heavy (non-hydrogen) atoms. The van der Waals surface area contributed by atoms with Crippen LogP contribution >= 0.6 is 15.9 Å². The number of benzene rings is 2. The molecule has 0 spiro atoms. The number of halogens is 1. The standard InChI is InChI=1S/C18H18BrNO5S/c1-11(2)16(18(22)23)20-17(21)12-3-7-14(8-4-12)26(24,25)15-9-5-13(19)6-10-15/h3-11,16H,1-2H3,(H,20,21)(H,22,23). The summed E-state index contributed by atoms with van der Waals surface area (Å²) in [6, 6.07) is 10.6. The van der Waals surface area contributed by atoms with E-state index in [0.717, 1.165) is 4.47 Å². The van der Waals surface area contributed by atoms with Gasteiger partial charge in [-0.15, -0.1) is 0 Å². The van der Waals surface area contributed by atoms with E-state index in [1.54, 1.807) is 26.0 Å². The highest BCUT2D eigenvalue weighted by molar-refractivity contribution is 9.10. The van der Waals surface area contributed by atoms with Crippen LogP contribution < -0.4 is 5.32 Å². The topological polar surface area (TPSA) is 101 Å². The van der Waals surface area contributed by atoms with E-state index < -0.39 is 27.8 Å². The number of carboxylic acids is 1. The average molecular weight is 440 g/mol. The fourth-order valence-electron chi connectivity index (χ4n) is 2.27. The molecule has 0 fully saturated rings. The molecule has 0 radical (unpaired) electrons. The maximum absolute atomic E-state index is 12.6. The van der Waals surface area contributed by atoms with Crippen molar-refractivity contribution in [1.29, 1.82) is 0 Å². The van der Waals surface area contributed by atoms with Crippen LogP contribution in [0.2, 0.25) is 0 Å². The number of aliphatic carboxylic acids is 1. The average Bonchev–Trinajstić information content (AvgIpc) is 2.59. The predicted molar refractivity (Wildman–Crippen MR) is 99.8 cm³/mol. The van der Waals surface area contributed by atoms with Crippen LogP contribution in [0.4, 0.5) is 0 Å². The van der Waals surface area contributed by atoms with Gasteiger partial charge in [-0.3, -0.25) is 4.79 Å². The van der Waals surface area contributed by atoms with E-state index in [4.69, 9.17) is 5.11 Å². The largest absolute Gasteiger partial charge is 0.480 e. The number of carboxylic acid groups (broad SMARTS) is 1. The number of sulfone groups is 1. The van der Waals surface area contributed by atoms with E-state index in [2.05, 4.69) is 21.2 Å². The number of amides is 1. The van der Waals surface area contributed by atoms with Crippen LogP contribution in [0.1, 0.15) is 24.2 Å². The molecule has 0 bridgehead atoms. The van der Waals surface area contributed by atoms with Crippen molar-refractivity contribution in [2.75, 3.05) is 0 Å². The smallest absolute Gasteiger partial charge is 0.326 e. The van der Waals surface area contributed by atoms with Crippen molar-refractivity contribution in [2.45, 2.75) is 29.7 Å². The predicted octanol–water partition coefficient (Wildman–Crippen LogP) is 3.12. The third-order valence-electron chi connectivity index (χ3n) is 3.77. The highest BCUT2D eigenvalue weighted by atomic mass is 79.9. The first-order chi connectivity index (χ1) is 12.1. The Morgan fingerprint density at radius 1 is 0.962 bits per heavy atom. The van der Waals surface area contributed by atoms with Gasteiger partial charge in [0, 0.05) is 10.0 Å². The van der Waals surface area contributed by atoms with Gasteiger partial charge in [0.05, 0.1) is 9.79 Å². The van der Waals surface area contributed by atoms with Crippen LogP contribution in [-0.4, -0.2) is 31.4 Å². The van der Waals surface area contributed by atoms with Gasteiger partial charge < -0.3 is 10.4 Å². The molecule has 0 saturated heterocycles. The summed E-state index contributed by atoms with van der Waals surface area (Å²) < 4.78 is 25.9. The van der Waals surface area contributed by atoms with Crippen molar-refractivity contribution < 1.29 is 23.1 Å². The van der Waals surface area contributed by atoms with Gasteiger partial charge in [-0.2, -0.15) is 0 Å². The molecule has 0 aliphatic carbocycles. The molecule has 1 amide bonds. The van der Waals surface area contributed by atoms with Gasteiger partial charge in [0.2, 0.25) is 9.84 Å². The van der Waals surface area contributed by atoms with Crippen molar-refractivity contribution in [3.05, 3.63) is 58.6 Å². The van der Waals surface area contributed by atoms with Crippen LogP contribution in [0.3, 0.4) is 0 Å². The lowest BCUT2D eigenvalue weighted by molar-refractivity contribution is -0.140. The summed E-state index contributed by atoms with van der Waals surface area (Å²) in [5.74, 6) is -1.98. The molecule has 6 nitrogen and oxygen atoms in total. The number of rotatable bonds is 6. The molecular formula is C18H18BrNO5S. The Kier molecular flexibility index (Phi) is 6.20. The normalized spacial score (nSPS) is 12.6. The molecule has 2 aromatic carbocycles. The lowest BCUT2D eigenvalue weighted by Crippen LogP contribution is -2.44. The summed E-state index contributed by atoms with van der Waals surface area (Å²) in [5.41, 5.74) is 0.187. The molecule has 1 unspecified atom stereocenters. The van der Waals surface area contributed by atoms with E-state index in [-0.39, 0.29) is 21.3 Å². The van der Waals surface area contributed by atoms with Crippen molar-refractivity contribution >= 4 is 37.6 Å². The van der Waals surface area contributed by atoms with Crippen LogP contribution in [0.25, 0.3) is 0 Å². The van der Waals surface area contributed by atoms with E-state index in [1.807, 2.05) is 0 Å². The lowest BCUT2D eigenvalue weighted by Gasteiger charge is -2.18. The first kappa shape index (κ1) is 20.1. The zero-order chi connectivity index (χ0) is 19.5. The van der Waals surface area contributed by atoms with Crippen molar-refractivity contribution in [1.82, 2.24) is 5.32 Å². The lowest BCUT2D eigenvalue weighted by atomic mass is 10.0. The molecule has 8 heteroatoms. The van der Waals surface area contributed by atoms with E-state index in [9.17, 15) is 18.0 Å². The molecule has 1 atom stereocenters. The van der Waals surface area contributed by atoms with Gasteiger partial charge in [-0.05, 0) is 54.4 Å². The van der Waals surface area contributed by atoms with Crippen molar-refractivity contribution in [2.24, 2.45) is 5.92 Å². The molecular weight excluding hydrogens is 422 g/mol. The van der Waals surface area contributed by atoms with E-state index >= 15 is 0 Å². The highest BCUT2D eigenvalue weighted by Crippen LogP contribution is 2.23. The Labute approximate surface area is 160 Å². The molecule has 0 aliphatic rings. The summed E-state index contributed by atoms with van der Waals surface area (Å²) in [6.45, 7) is 3.37. The Balaban J connectivity index is 2.23. The fraction of sp³-hybridized carbons (Fsp3) is 0.222. The summed E-state index contributed by atoms with van der Waals surface area (Å²) in [5, 5.41) is 11.6. The molecule has 2 aromatic rings. The van der Waals surface area contributed by atoms with Gasteiger partial charge >= 0.3 is 5.97 Å². The summed E-state index contributed by atoms with van der Waals surface area (Å²) >= 11 is 3.25. The Hall–Kier alpha value is -2.19. The molecule has 0 aromatic heterocycles. The maximum atomic E-state index is 12.6. The molecule has 2 N–H and O–H groups in total. The SMILES string of the molecule is CC(C)C(NC(=O)c1ccc(S(=O)(=O)c2ccc(Br)cc2)cc1)C(=O)O. The fourth-order valence-corrected chi connectivity index (χ4v) is 3.80. The summed E-state index contributed by atoms with van der Waals surface area (Å²) in [6.07, 6.45) is 0. The third kappa shape index (κ3) is 4.50. The maximum Gasteiger partial charge on any atom is 0.326 e. The monoisotopic (exact) mass is 439 g/mol. The second-order valence-electron chi connectivity index (χ2n) is 6.02. The number of nitrogens with one attached hydrogen (secondary N) is 1. The van der Waals surface area contributed by atoms with Gasteiger partial charge in [-0.25, -0.2) is 13.2 Å². The van der Waals surface area contributed by atoms with Crippen molar-refractivity contribution in [3.8, 4) is 0 Å². The van der Waals surface area contributed by atoms with Crippen LogP contribution in [0, 0.1) is 5.92 Å². The molecule has 0 saturated carbocycles. The van der Waals surface area contributed by atoms with Crippen LogP contribution in [-0.2, 0) is 14.6 Å². The second-order valence-corrected chi connectivity index (χ2v) is 8.88. The van der Waals surface area contributed by atoms with Gasteiger partial charge in [0.25, 0.3) is 5.91 Å². The van der Waals surface area contributed by atoms with Crippen LogP contribution in [0.5, 0.6) is 0 Å². The molecule has 2 rings (SSSR count). The van der Waals surface area contributed by atoms with Crippen molar-refractivity contribution in [3.63, 3.8) is 0 Å². The highest BCUT2D eigenvalue weighted by Gasteiger charge is 2.24. The van der Waals surface area contributed by atoms with Crippen LogP contribution in [0.15, 0.2) is 62.8 Å². The Morgan fingerprint density at radius 2 is 1.42 bits per heavy atom. The number of carbonyl (C=O) groups is 2. The first-order valence-electron chi connectivity index (χ1n) is 7.77. The third-order valence-corrected chi connectivity index (χ3v) is 6.08. The minimum absolute atomic E-state index is 0.0509. The number of carbonyl (C=O) groups excluding carboxylic acids is 1. The second kappa shape index (κ2) is 8.01. The summed E-state index contributed by atoms with van der Waals surface area (Å²) in [7, 11) is -3.69. The quantitative estimate of drug-likeness (QED) is 0.719. The van der Waals surface area contributed by atoms with Gasteiger partial charge in [0.1, 0.15) is 6.04 Å². The Bertz CT molecular complexity index is 906. The zero-order valence-electron chi connectivity index (χ0n) is 14.1. The molecule has 0 heterocycles. The summed E-state index contributed by atoms with van der Waals surface area (Å²) in [4.78, 5) is 23.6. The Morgan fingerprint density at radius 3 is 1.85 bits per heavy atom. The zero-order valence-corrected chi connectivity index (χ0v) is 16.5. The van der Waals surface area contributed by atoms with E-state index in [0.29, 0.717) is 0 Å². The number of hydrogen-bond acceptors (Lipinski definition) is 4. The van der Waals surface area contributed by atoms with E-state index in [1.165, 1.54) is 36.4 Å². The molecule has 0 aliphatic heterocycles. The number of hydrogen-bond donors (Lipinski definition) is 2. The minimum Gasteiger partial charge on any atom is -0.480 e. The first-order valence-corrected chi connectivity index (χ1v) is 10.0. The minimum atomic E-state index is -3.69.